The molecule has 0 fully saturated rings. The van der Waals surface area contributed by atoms with Crippen molar-refractivity contribution >= 4 is 46.2 Å². The van der Waals surface area contributed by atoms with Crippen LogP contribution in [0.5, 0.6) is 5.75 Å². The quantitative estimate of drug-likeness (QED) is 0.498. The summed E-state index contributed by atoms with van der Waals surface area (Å²) in [4.78, 5) is 49.1. The SMILES string of the molecule is CCC(C)NC(=O)CSC1=Nc2ccccc2C2=NC(CCC(=O)NCc3ccccc3OC)C(=O)N12. The van der Waals surface area contributed by atoms with Crippen LogP contribution in [0.3, 0.4) is 0 Å². The third kappa shape index (κ3) is 6.19. The molecule has 0 bridgehead atoms. The highest BCUT2D eigenvalue weighted by atomic mass is 32.2. The van der Waals surface area contributed by atoms with Gasteiger partial charge in [-0.2, -0.15) is 0 Å². The van der Waals surface area contributed by atoms with Gasteiger partial charge in [-0.25, -0.2) is 9.89 Å². The molecule has 0 saturated heterocycles. The van der Waals surface area contributed by atoms with Crippen LogP contribution in [0.15, 0.2) is 58.5 Å². The minimum Gasteiger partial charge on any atom is -0.496 e. The molecule has 2 unspecified atom stereocenters. The summed E-state index contributed by atoms with van der Waals surface area (Å²) in [6, 6.07) is 14.3. The molecule has 2 aromatic rings. The molecule has 0 spiro atoms. The van der Waals surface area contributed by atoms with Gasteiger partial charge in [0.1, 0.15) is 17.6 Å². The van der Waals surface area contributed by atoms with E-state index in [1.807, 2.05) is 62.4 Å². The van der Waals surface area contributed by atoms with Gasteiger partial charge in [-0.1, -0.05) is 49.0 Å². The summed E-state index contributed by atoms with van der Waals surface area (Å²) in [7, 11) is 1.59. The molecule has 2 aliphatic heterocycles. The molecule has 0 saturated carbocycles. The molecule has 4 rings (SSSR count). The number of benzene rings is 2. The number of carbonyl (C=O) groups is 3. The number of fused-ring (bicyclic) bond motifs is 3. The minimum absolute atomic E-state index is 0.0752. The zero-order valence-corrected chi connectivity index (χ0v) is 22.0. The number of methoxy groups -OCH3 is 1. The molecular weight excluding hydrogens is 490 g/mol. The molecule has 9 nitrogen and oxygen atoms in total. The van der Waals surface area contributed by atoms with Crippen molar-refractivity contribution < 1.29 is 19.1 Å². The molecule has 0 aromatic heterocycles. The molecule has 37 heavy (non-hydrogen) atoms. The Hall–Kier alpha value is -3.66. The summed E-state index contributed by atoms with van der Waals surface area (Å²) in [5, 5.41) is 6.24. The second-order valence-corrected chi connectivity index (χ2v) is 9.79. The normalized spacial score (nSPS) is 16.8. The zero-order chi connectivity index (χ0) is 26.4. The number of ether oxygens (including phenoxy) is 1. The lowest BCUT2D eigenvalue weighted by molar-refractivity contribution is -0.125. The number of amidine groups is 2. The van der Waals surface area contributed by atoms with Crippen LogP contribution < -0.4 is 15.4 Å². The van der Waals surface area contributed by atoms with Crippen molar-refractivity contribution in [2.45, 2.75) is 51.7 Å². The summed E-state index contributed by atoms with van der Waals surface area (Å²) in [5.41, 5.74) is 2.33. The Morgan fingerprint density at radius 1 is 1.14 bits per heavy atom. The largest absolute Gasteiger partial charge is 0.496 e. The van der Waals surface area contributed by atoms with E-state index in [0.717, 1.165) is 17.5 Å². The van der Waals surface area contributed by atoms with Crippen molar-refractivity contribution in [3.63, 3.8) is 0 Å². The van der Waals surface area contributed by atoms with Crippen LogP contribution in [-0.4, -0.2) is 58.6 Å². The van der Waals surface area contributed by atoms with Gasteiger partial charge in [0.05, 0.1) is 18.6 Å². The van der Waals surface area contributed by atoms with Crippen LogP contribution in [0.2, 0.25) is 0 Å². The molecule has 2 aliphatic rings. The van der Waals surface area contributed by atoms with E-state index in [-0.39, 0.29) is 42.4 Å². The van der Waals surface area contributed by atoms with E-state index in [0.29, 0.717) is 29.0 Å². The Kier molecular flexibility index (Phi) is 8.60. The van der Waals surface area contributed by atoms with Crippen LogP contribution in [0.1, 0.15) is 44.2 Å². The van der Waals surface area contributed by atoms with Gasteiger partial charge < -0.3 is 15.4 Å². The first-order chi connectivity index (χ1) is 17.9. The molecule has 10 heteroatoms. The Balaban J connectivity index is 1.41. The Morgan fingerprint density at radius 2 is 1.89 bits per heavy atom. The first kappa shape index (κ1) is 26.4. The third-order valence-corrected chi connectivity index (χ3v) is 7.15. The van der Waals surface area contributed by atoms with E-state index in [4.69, 9.17) is 4.74 Å². The number of hydrogen-bond acceptors (Lipinski definition) is 7. The van der Waals surface area contributed by atoms with Crippen molar-refractivity contribution in [3.8, 4) is 5.75 Å². The highest BCUT2D eigenvalue weighted by Crippen LogP contribution is 2.34. The maximum absolute atomic E-state index is 13.4. The van der Waals surface area contributed by atoms with Gasteiger partial charge in [-0.3, -0.25) is 19.4 Å². The average molecular weight is 522 g/mol. The van der Waals surface area contributed by atoms with Gasteiger partial charge in [0, 0.05) is 30.1 Å². The van der Waals surface area contributed by atoms with Gasteiger partial charge >= 0.3 is 0 Å². The number of nitrogens with zero attached hydrogens (tertiary/aromatic N) is 3. The Bertz CT molecular complexity index is 1240. The van der Waals surface area contributed by atoms with Crippen LogP contribution >= 0.6 is 11.8 Å². The number of amides is 3. The molecule has 2 N–H and O–H groups in total. The van der Waals surface area contributed by atoms with Crippen LogP contribution in [-0.2, 0) is 20.9 Å². The number of aliphatic imine (C=N–C) groups is 2. The summed E-state index contributed by atoms with van der Waals surface area (Å²) < 4.78 is 5.33. The lowest BCUT2D eigenvalue weighted by atomic mass is 10.1. The average Bonchev–Trinajstić information content (AvgIpc) is 3.25. The third-order valence-electron chi connectivity index (χ3n) is 6.21. The molecule has 3 amide bonds. The van der Waals surface area contributed by atoms with Gasteiger partial charge in [-0.05, 0) is 38.0 Å². The van der Waals surface area contributed by atoms with Gasteiger partial charge in [0.25, 0.3) is 5.91 Å². The smallest absolute Gasteiger partial charge is 0.259 e. The molecular formula is C27H31N5O4S. The van der Waals surface area contributed by atoms with Crippen molar-refractivity contribution in [1.82, 2.24) is 15.5 Å². The van der Waals surface area contributed by atoms with Crippen molar-refractivity contribution in [3.05, 3.63) is 59.7 Å². The molecule has 194 valence electrons. The number of para-hydroxylation sites is 2. The lowest BCUT2D eigenvalue weighted by Crippen LogP contribution is -2.42. The van der Waals surface area contributed by atoms with E-state index in [2.05, 4.69) is 20.6 Å². The van der Waals surface area contributed by atoms with Crippen molar-refractivity contribution in [2.75, 3.05) is 12.9 Å². The first-order valence-electron chi connectivity index (χ1n) is 12.3. The maximum Gasteiger partial charge on any atom is 0.259 e. The van der Waals surface area contributed by atoms with Gasteiger partial charge in [0.15, 0.2) is 5.17 Å². The fourth-order valence-corrected chi connectivity index (χ4v) is 4.85. The highest BCUT2D eigenvalue weighted by Gasteiger charge is 2.41. The highest BCUT2D eigenvalue weighted by molar-refractivity contribution is 8.14. The van der Waals surface area contributed by atoms with Crippen LogP contribution in [0.25, 0.3) is 0 Å². The van der Waals surface area contributed by atoms with Crippen LogP contribution in [0.4, 0.5) is 5.69 Å². The van der Waals surface area contributed by atoms with E-state index in [1.54, 1.807) is 7.11 Å². The standard InChI is InChI=1S/C27H31N5O4S/c1-4-17(2)29-24(34)16-37-27-31-20-11-7-6-10-19(20)25-30-21(26(35)32(25)27)13-14-23(33)28-15-18-9-5-8-12-22(18)36-3/h5-12,17,21H,4,13-16H2,1-3H3,(H,28,33)(H,29,34). The first-order valence-corrected chi connectivity index (χ1v) is 13.3. The second-order valence-electron chi connectivity index (χ2n) is 8.85. The molecule has 2 atom stereocenters. The van der Waals surface area contributed by atoms with E-state index in [9.17, 15) is 14.4 Å². The summed E-state index contributed by atoms with van der Waals surface area (Å²) in [6.45, 7) is 4.29. The lowest BCUT2D eigenvalue weighted by Gasteiger charge is -2.25. The van der Waals surface area contributed by atoms with E-state index < -0.39 is 6.04 Å². The monoisotopic (exact) mass is 521 g/mol. The predicted octanol–water partition coefficient (Wildman–Crippen LogP) is 3.40. The number of thioether (sulfide) groups is 1. The van der Waals surface area contributed by atoms with Gasteiger partial charge in [0.2, 0.25) is 11.8 Å². The van der Waals surface area contributed by atoms with Crippen molar-refractivity contribution in [1.29, 1.82) is 0 Å². The predicted molar refractivity (Wildman–Crippen MR) is 145 cm³/mol. The number of hydrogen-bond donors (Lipinski definition) is 2. The Morgan fingerprint density at radius 3 is 2.68 bits per heavy atom. The van der Waals surface area contributed by atoms with Crippen molar-refractivity contribution in [2.24, 2.45) is 9.98 Å². The molecule has 0 aliphatic carbocycles. The fourth-order valence-electron chi connectivity index (χ4n) is 4.03. The fraction of sp³-hybridized carbons (Fsp3) is 0.370. The topological polar surface area (TPSA) is 112 Å². The number of nitrogens with one attached hydrogen (secondary N) is 2. The second kappa shape index (κ2) is 12.1. The maximum atomic E-state index is 13.4. The molecule has 2 aromatic carbocycles. The minimum atomic E-state index is -0.696. The summed E-state index contributed by atoms with van der Waals surface area (Å²) in [6.07, 6.45) is 1.25. The molecule has 2 heterocycles. The zero-order valence-electron chi connectivity index (χ0n) is 21.2. The number of carbonyl (C=O) groups excluding carboxylic acids is 3. The summed E-state index contributed by atoms with van der Waals surface area (Å²) >= 11 is 1.21. The van der Waals surface area contributed by atoms with E-state index in [1.165, 1.54) is 16.7 Å². The Labute approximate surface area is 220 Å². The summed E-state index contributed by atoms with van der Waals surface area (Å²) in [5.74, 6) is 0.829. The molecule has 0 radical (unpaired) electrons. The van der Waals surface area contributed by atoms with Gasteiger partial charge in [-0.15, -0.1) is 0 Å². The van der Waals surface area contributed by atoms with E-state index >= 15 is 0 Å². The van der Waals surface area contributed by atoms with Crippen LogP contribution in [0, 0.1) is 0 Å². The number of rotatable bonds is 10.